The first-order valence-corrected chi connectivity index (χ1v) is 6.81. The number of halogens is 1. The summed E-state index contributed by atoms with van der Waals surface area (Å²) in [7, 11) is 0. The second-order valence-corrected chi connectivity index (χ2v) is 5.20. The topological polar surface area (TPSA) is 56.0 Å². The van der Waals surface area contributed by atoms with Gasteiger partial charge in [0.2, 0.25) is 5.43 Å². The SMILES string of the molecule is O=c1c(Br)c2oc3cccnc3nc-2c2ccccc12. The lowest BCUT2D eigenvalue weighted by Crippen LogP contribution is -2.07. The van der Waals surface area contributed by atoms with E-state index in [1.807, 2.05) is 18.2 Å². The van der Waals surface area contributed by atoms with Gasteiger partial charge in [-0.15, -0.1) is 0 Å². The molecular weight excluding hydrogens is 320 g/mol. The fourth-order valence-corrected chi connectivity index (χ4v) is 2.78. The first-order chi connectivity index (χ1) is 9.75. The summed E-state index contributed by atoms with van der Waals surface area (Å²) in [6.45, 7) is 0. The van der Waals surface area contributed by atoms with Gasteiger partial charge < -0.3 is 4.42 Å². The van der Waals surface area contributed by atoms with E-state index >= 15 is 0 Å². The van der Waals surface area contributed by atoms with Crippen LogP contribution in [0.4, 0.5) is 0 Å². The van der Waals surface area contributed by atoms with Crippen molar-refractivity contribution in [3.05, 3.63) is 57.3 Å². The van der Waals surface area contributed by atoms with Crippen molar-refractivity contribution in [1.29, 1.82) is 0 Å². The zero-order chi connectivity index (χ0) is 13.7. The predicted octanol–water partition coefficient (Wildman–Crippen LogP) is 3.60. The highest BCUT2D eigenvalue weighted by Gasteiger charge is 2.20. The van der Waals surface area contributed by atoms with E-state index in [1.165, 1.54) is 0 Å². The van der Waals surface area contributed by atoms with Crippen molar-refractivity contribution in [2.24, 2.45) is 0 Å². The van der Waals surface area contributed by atoms with Crippen LogP contribution in [0, 0.1) is 0 Å². The van der Waals surface area contributed by atoms with Gasteiger partial charge in [-0.25, -0.2) is 9.97 Å². The maximum atomic E-state index is 12.3. The minimum atomic E-state index is -0.0955. The van der Waals surface area contributed by atoms with Crippen LogP contribution in [0.1, 0.15) is 0 Å². The largest absolute Gasteiger partial charge is 0.450 e. The Kier molecular flexibility index (Phi) is 2.37. The van der Waals surface area contributed by atoms with Crippen LogP contribution in [0.25, 0.3) is 33.5 Å². The van der Waals surface area contributed by atoms with Crippen LogP contribution in [0.2, 0.25) is 0 Å². The molecule has 1 aromatic heterocycles. The Morgan fingerprint density at radius 3 is 2.70 bits per heavy atom. The zero-order valence-electron chi connectivity index (χ0n) is 10.1. The molecule has 2 heterocycles. The van der Waals surface area contributed by atoms with Gasteiger partial charge in [-0.3, -0.25) is 4.79 Å². The van der Waals surface area contributed by atoms with Gasteiger partial charge in [0.15, 0.2) is 17.0 Å². The highest BCUT2D eigenvalue weighted by molar-refractivity contribution is 9.10. The third kappa shape index (κ3) is 1.50. The molecule has 0 atom stereocenters. The van der Waals surface area contributed by atoms with E-state index in [9.17, 15) is 4.79 Å². The van der Waals surface area contributed by atoms with E-state index in [2.05, 4.69) is 25.9 Å². The second kappa shape index (κ2) is 4.11. The molecule has 5 heteroatoms. The third-order valence-electron chi connectivity index (χ3n) is 3.22. The average molecular weight is 327 g/mol. The maximum Gasteiger partial charge on any atom is 0.204 e. The van der Waals surface area contributed by atoms with E-state index < -0.39 is 0 Å². The Morgan fingerprint density at radius 1 is 1.05 bits per heavy atom. The number of benzene rings is 2. The van der Waals surface area contributed by atoms with Crippen LogP contribution in [-0.2, 0) is 0 Å². The standard InChI is InChI=1S/C15H7BrN2O2/c16-11-13(19)9-5-2-1-4-8(9)12-14(11)20-10-6-3-7-17-15(10)18-12/h1-7H. The minimum Gasteiger partial charge on any atom is -0.450 e. The fraction of sp³-hybridized carbons (Fsp3) is 0. The van der Waals surface area contributed by atoms with Gasteiger partial charge in [0.25, 0.3) is 0 Å². The molecule has 0 saturated carbocycles. The predicted molar refractivity (Wildman–Crippen MR) is 79.9 cm³/mol. The number of fused-ring (bicyclic) bond motifs is 4. The third-order valence-corrected chi connectivity index (χ3v) is 3.94. The van der Waals surface area contributed by atoms with Gasteiger partial charge in [-0.05, 0) is 28.1 Å². The van der Waals surface area contributed by atoms with Crippen LogP contribution in [0.3, 0.4) is 0 Å². The molecule has 2 aromatic rings. The van der Waals surface area contributed by atoms with Gasteiger partial charge in [-0.2, -0.15) is 0 Å². The lowest BCUT2D eigenvalue weighted by molar-refractivity contribution is 0.609. The molecule has 1 aliphatic heterocycles. The summed E-state index contributed by atoms with van der Waals surface area (Å²) >= 11 is 3.32. The number of hydrogen-bond donors (Lipinski definition) is 0. The molecule has 4 rings (SSSR count). The van der Waals surface area contributed by atoms with Gasteiger partial charge in [0, 0.05) is 17.0 Å². The summed E-state index contributed by atoms with van der Waals surface area (Å²) in [5.74, 6) is 0.453. The number of pyridine rings is 1. The van der Waals surface area contributed by atoms with E-state index in [-0.39, 0.29) is 5.43 Å². The van der Waals surface area contributed by atoms with Crippen LogP contribution < -0.4 is 5.43 Å². The molecule has 96 valence electrons. The molecule has 0 radical (unpaired) electrons. The van der Waals surface area contributed by atoms with Crippen molar-refractivity contribution < 1.29 is 4.42 Å². The number of aromatic nitrogens is 2. The highest BCUT2D eigenvalue weighted by atomic mass is 79.9. The van der Waals surface area contributed by atoms with E-state index in [0.717, 1.165) is 5.39 Å². The first kappa shape index (κ1) is 11.5. The molecule has 2 aliphatic rings. The van der Waals surface area contributed by atoms with E-state index in [1.54, 1.807) is 24.4 Å². The summed E-state index contributed by atoms with van der Waals surface area (Å²) in [6.07, 6.45) is 1.66. The van der Waals surface area contributed by atoms with Gasteiger partial charge in [-0.1, -0.05) is 24.3 Å². The molecule has 4 nitrogen and oxygen atoms in total. The van der Waals surface area contributed by atoms with Crippen molar-refractivity contribution in [3.63, 3.8) is 0 Å². The molecule has 1 aromatic carbocycles. The molecule has 20 heavy (non-hydrogen) atoms. The quantitative estimate of drug-likeness (QED) is 0.366. The highest BCUT2D eigenvalue weighted by Crippen LogP contribution is 2.34. The monoisotopic (exact) mass is 326 g/mol. The molecule has 0 unspecified atom stereocenters. The molecule has 0 saturated heterocycles. The van der Waals surface area contributed by atoms with Crippen molar-refractivity contribution in [1.82, 2.24) is 9.97 Å². The summed E-state index contributed by atoms with van der Waals surface area (Å²) < 4.78 is 6.19. The van der Waals surface area contributed by atoms with Crippen LogP contribution in [0.15, 0.2) is 56.3 Å². The Hall–Kier alpha value is -2.27. The fourth-order valence-electron chi connectivity index (χ4n) is 2.30. The minimum absolute atomic E-state index is 0.0955. The molecule has 0 spiro atoms. The summed E-state index contributed by atoms with van der Waals surface area (Å²) in [6, 6.07) is 10.9. The molecule has 0 fully saturated rings. The maximum absolute atomic E-state index is 12.3. The first-order valence-electron chi connectivity index (χ1n) is 6.01. The van der Waals surface area contributed by atoms with Crippen molar-refractivity contribution in [2.45, 2.75) is 0 Å². The second-order valence-electron chi connectivity index (χ2n) is 4.41. The van der Waals surface area contributed by atoms with Crippen LogP contribution >= 0.6 is 15.9 Å². The normalized spacial score (nSPS) is 11.4. The smallest absolute Gasteiger partial charge is 0.204 e. The number of nitrogens with zero attached hydrogens (tertiary/aromatic N) is 2. The molecule has 0 bridgehead atoms. The molecular formula is C15H7BrN2O2. The Balaban J connectivity index is 2.34. The number of rotatable bonds is 0. The van der Waals surface area contributed by atoms with Gasteiger partial charge in [0.05, 0.1) is 0 Å². The van der Waals surface area contributed by atoms with E-state index in [4.69, 9.17) is 4.42 Å². The zero-order valence-corrected chi connectivity index (χ0v) is 11.7. The van der Waals surface area contributed by atoms with Crippen molar-refractivity contribution in [2.75, 3.05) is 0 Å². The van der Waals surface area contributed by atoms with E-state index in [0.29, 0.717) is 32.5 Å². The molecule has 0 amide bonds. The Bertz CT molecular complexity index is 994. The van der Waals surface area contributed by atoms with Crippen molar-refractivity contribution in [3.8, 4) is 11.5 Å². The summed E-state index contributed by atoms with van der Waals surface area (Å²) in [5, 5.41) is 1.39. The van der Waals surface area contributed by atoms with Gasteiger partial charge >= 0.3 is 0 Å². The summed E-state index contributed by atoms with van der Waals surface area (Å²) in [4.78, 5) is 21.1. The number of hydrogen-bond acceptors (Lipinski definition) is 4. The lowest BCUT2D eigenvalue weighted by atomic mass is 10.1. The van der Waals surface area contributed by atoms with Gasteiger partial charge in [0.1, 0.15) is 10.2 Å². The average Bonchev–Trinajstić information content (AvgIpc) is 2.51. The Labute approximate surface area is 121 Å². The molecule has 0 N–H and O–H groups in total. The Morgan fingerprint density at radius 2 is 1.85 bits per heavy atom. The van der Waals surface area contributed by atoms with Crippen molar-refractivity contribution >= 4 is 37.9 Å². The summed E-state index contributed by atoms with van der Waals surface area (Å²) in [5.41, 5.74) is 1.62. The van der Waals surface area contributed by atoms with Crippen LogP contribution in [0.5, 0.6) is 0 Å². The lowest BCUT2D eigenvalue weighted by Gasteiger charge is -2.10. The van der Waals surface area contributed by atoms with Crippen LogP contribution in [-0.4, -0.2) is 9.97 Å². The molecule has 1 aliphatic carbocycles.